The fraction of sp³-hybridized carbons (Fsp3) is 0.0476. The number of ether oxygens (including phenoxy) is 1. The molecule has 0 atom stereocenters. The molecule has 6 nitrogen and oxygen atoms in total. The van der Waals surface area contributed by atoms with Gasteiger partial charge in [0.1, 0.15) is 12.1 Å². The number of nitrogens with zero attached hydrogens (tertiary/aromatic N) is 2. The Balaban J connectivity index is 1.93. The molecule has 4 aromatic rings. The van der Waals surface area contributed by atoms with Crippen molar-refractivity contribution in [3.8, 4) is 39.6 Å². The van der Waals surface area contributed by atoms with Crippen LogP contribution in [0.5, 0.6) is 17.2 Å². The number of anilines is 1. The summed E-state index contributed by atoms with van der Waals surface area (Å²) in [5.74, 6) is 0.468. The van der Waals surface area contributed by atoms with E-state index in [4.69, 9.17) is 10.5 Å². The molecule has 4 N–H and O–H groups in total. The Labute approximate surface area is 155 Å². The van der Waals surface area contributed by atoms with Crippen molar-refractivity contribution in [2.24, 2.45) is 0 Å². The van der Waals surface area contributed by atoms with Crippen LogP contribution in [0.15, 0.2) is 60.9 Å². The van der Waals surface area contributed by atoms with Gasteiger partial charge in [-0.3, -0.25) is 0 Å². The van der Waals surface area contributed by atoms with Crippen molar-refractivity contribution >= 4 is 16.6 Å². The van der Waals surface area contributed by atoms with Crippen molar-refractivity contribution in [3.05, 3.63) is 60.9 Å². The Morgan fingerprint density at radius 2 is 1.70 bits per heavy atom. The van der Waals surface area contributed by atoms with Crippen molar-refractivity contribution in [2.45, 2.75) is 0 Å². The van der Waals surface area contributed by atoms with Crippen LogP contribution < -0.4 is 10.5 Å². The monoisotopic (exact) mass is 359 g/mol. The Morgan fingerprint density at radius 1 is 0.926 bits per heavy atom. The van der Waals surface area contributed by atoms with Crippen molar-refractivity contribution in [3.63, 3.8) is 0 Å². The summed E-state index contributed by atoms with van der Waals surface area (Å²) in [5, 5.41) is 21.0. The predicted octanol–water partition coefficient (Wildman–Crippen LogP) is 3.97. The second-order valence-electron chi connectivity index (χ2n) is 6.08. The van der Waals surface area contributed by atoms with E-state index >= 15 is 0 Å². The third kappa shape index (κ3) is 2.87. The van der Waals surface area contributed by atoms with Gasteiger partial charge in [-0.25, -0.2) is 9.97 Å². The van der Waals surface area contributed by atoms with Gasteiger partial charge in [0.15, 0.2) is 11.5 Å². The first-order chi connectivity index (χ1) is 13.1. The van der Waals surface area contributed by atoms with Crippen molar-refractivity contribution in [1.82, 2.24) is 9.97 Å². The molecule has 1 heterocycles. The maximum Gasteiger partial charge on any atom is 0.161 e. The van der Waals surface area contributed by atoms with Crippen molar-refractivity contribution < 1.29 is 14.9 Å². The number of nitrogen functional groups attached to an aromatic ring is 1. The highest BCUT2D eigenvalue weighted by molar-refractivity contribution is 5.97. The van der Waals surface area contributed by atoms with Crippen LogP contribution in [0.4, 0.5) is 5.69 Å². The minimum atomic E-state index is -0.00537. The van der Waals surface area contributed by atoms with Gasteiger partial charge in [-0.05, 0) is 47.5 Å². The largest absolute Gasteiger partial charge is 0.505 e. The SMILES string of the molecule is COc1cc(-c2ccc3ncnc(-c4cccc(N)c4O)c3c2)ccc1O. The van der Waals surface area contributed by atoms with Crippen molar-refractivity contribution in [1.29, 1.82) is 0 Å². The highest BCUT2D eigenvalue weighted by Gasteiger charge is 2.14. The third-order valence-electron chi connectivity index (χ3n) is 4.47. The number of benzene rings is 3. The summed E-state index contributed by atoms with van der Waals surface area (Å²) in [6.45, 7) is 0. The van der Waals surface area contributed by atoms with Gasteiger partial charge in [-0.1, -0.05) is 18.2 Å². The Morgan fingerprint density at radius 3 is 2.52 bits per heavy atom. The molecule has 4 rings (SSSR count). The first-order valence-corrected chi connectivity index (χ1v) is 8.28. The first-order valence-electron chi connectivity index (χ1n) is 8.28. The summed E-state index contributed by atoms with van der Waals surface area (Å²) < 4.78 is 5.19. The number of rotatable bonds is 3. The second kappa shape index (κ2) is 6.49. The van der Waals surface area contributed by atoms with Gasteiger partial charge in [0.25, 0.3) is 0 Å². The van der Waals surface area contributed by atoms with Gasteiger partial charge >= 0.3 is 0 Å². The number of methoxy groups -OCH3 is 1. The number of hydrogen-bond donors (Lipinski definition) is 3. The molecule has 134 valence electrons. The lowest BCUT2D eigenvalue weighted by Crippen LogP contribution is -1.93. The Bertz CT molecular complexity index is 1160. The summed E-state index contributed by atoms with van der Waals surface area (Å²) in [7, 11) is 1.51. The van der Waals surface area contributed by atoms with E-state index in [-0.39, 0.29) is 11.5 Å². The fourth-order valence-electron chi connectivity index (χ4n) is 3.06. The molecule has 1 aromatic heterocycles. The molecule has 3 aromatic carbocycles. The third-order valence-corrected chi connectivity index (χ3v) is 4.47. The van der Waals surface area contributed by atoms with E-state index in [0.717, 1.165) is 22.0 Å². The minimum absolute atomic E-state index is 0.00537. The van der Waals surface area contributed by atoms with Crippen LogP contribution in [0.2, 0.25) is 0 Å². The van der Waals surface area contributed by atoms with Gasteiger partial charge in [-0.15, -0.1) is 0 Å². The zero-order valence-electron chi connectivity index (χ0n) is 14.5. The molecule has 0 amide bonds. The molecule has 0 spiro atoms. The molecule has 0 aliphatic carbocycles. The zero-order chi connectivity index (χ0) is 19.0. The van der Waals surface area contributed by atoms with E-state index in [1.54, 1.807) is 36.4 Å². The number of nitrogens with two attached hydrogens (primary N) is 1. The van der Waals surface area contributed by atoms with Crippen LogP contribution in [-0.2, 0) is 0 Å². The van der Waals surface area contributed by atoms with Crippen LogP contribution in [0.1, 0.15) is 0 Å². The first kappa shape index (κ1) is 16.7. The molecule has 0 fully saturated rings. The molecule has 0 bridgehead atoms. The van der Waals surface area contributed by atoms with Gasteiger partial charge in [-0.2, -0.15) is 0 Å². The number of phenols is 2. The van der Waals surface area contributed by atoms with Crippen LogP contribution >= 0.6 is 0 Å². The summed E-state index contributed by atoms with van der Waals surface area (Å²) in [6, 6.07) is 16.1. The smallest absolute Gasteiger partial charge is 0.161 e. The normalized spacial score (nSPS) is 10.9. The van der Waals surface area contributed by atoms with Crippen LogP contribution in [0.25, 0.3) is 33.3 Å². The number of fused-ring (bicyclic) bond motifs is 1. The molecule has 27 heavy (non-hydrogen) atoms. The maximum absolute atomic E-state index is 10.4. The summed E-state index contributed by atoms with van der Waals surface area (Å²) >= 11 is 0. The number of phenolic OH excluding ortho intramolecular Hbond substituents is 2. The molecule has 0 radical (unpaired) electrons. The van der Waals surface area contributed by atoms with E-state index < -0.39 is 0 Å². The molecule has 6 heteroatoms. The van der Waals surface area contributed by atoms with Crippen LogP contribution in [0, 0.1) is 0 Å². The van der Waals surface area contributed by atoms with E-state index in [1.807, 2.05) is 18.2 Å². The molecule has 0 aliphatic rings. The number of hydrogen-bond acceptors (Lipinski definition) is 6. The van der Waals surface area contributed by atoms with Crippen molar-refractivity contribution in [2.75, 3.05) is 12.8 Å². The molecule has 0 saturated carbocycles. The van der Waals surface area contributed by atoms with Gasteiger partial charge in [0, 0.05) is 10.9 Å². The maximum atomic E-state index is 10.4. The van der Waals surface area contributed by atoms with Gasteiger partial charge in [0.05, 0.1) is 24.0 Å². The minimum Gasteiger partial charge on any atom is -0.505 e. The second-order valence-corrected chi connectivity index (χ2v) is 6.08. The molecular formula is C21H17N3O3. The summed E-state index contributed by atoms with van der Waals surface area (Å²) in [5.41, 5.74) is 9.79. The molecule has 0 saturated heterocycles. The Hall–Kier alpha value is -3.80. The predicted molar refractivity (Wildman–Crippen MR) is 105 cm³/mol. The lowest BCUT2D eigenvalue weighted by molar-refractivity contribution is 0.373. The fourth-order valence-corrected chi connectivity index (χ4v) is 3.06. The molecule has 0 aliphatic heterocycles. The Kier molecular flexibility index (Phi) is 4.01. The van der Waals surface area contributed by atoms with Gasteiger partial charge in [0.2, 0.25) is 0 Å². The van der Waals surface area contributed by atoms with Crippen LogP contribution in [-0.4, -0.2) is 27.3 Å². The zero-order valence-corrected chi connectivity index (χ0v) is 14.5. The highest BCUT2D eigenvalue weighted by Crippen LogP contribution is 2.38. The topological polar surface area (TPSA) is 101 Å². The number of para-hydroxylation sites is 1. The van der Waals surface area contributed by atoms with E-state index in [1.165, 1.54) is 13.4 Å². The number of aromatic hydroxyl groups is 2. The van der Waals surface area contributed by atoms with E-state index in [9.17, 15) is 10.2 Å². The average molecular weight is 359 g/mol. The quantitative estimate of drug-likeness (QED) is 0.378. The van der Waals surface area contributed by atoms with Crippen LogP contribution in [0.3, 0.4) is 0 Å². The average Bonchev–Trinajstić information content (AvgIpc) is 2.70. The standard InChI is InChI=1S/C21H17N3O3/c1-27-19-10-13(6-8-18(19)25)12-5-7-17-15(9-12)20(24-11-23-17)14-3-2-4-16(22)21(14)26/h2-11,25-26H,22H2,1H3. The molecule has 0 unspecified atom stereocenters. The van der Waals surface area contributed by atoms with E-state index in [2.05, 4.69) is 9.97 Å². The highest BCUT2D eigenvalue weighted by atomic mass is 16.5. The summed E-state index contributed by atoms with van der Waals surface area (Å²) in [6.07, 6.45) is 1.46. The van der Waals surface area contributed by atoms with Gasteiger partial charge < -0.3 is 20.7 Å². The lowest BCUT2D eigenvalue weighted by Gasteiger charge is -2.11. The lowest BCUT2D eigenvalue weighted by atomic mass is 9.99. The van der Waals surface area contributed by atoms with E-state index in [0.29, 0.717) is 22.7 Å². The summed E-state index contributed by atoms with van der Waals surface area (Å²) in [4.78, 5) is 8.68. The number of aromatic nitrogens is 2. The molecular weight excluding hydrogens is 342 g/mol.